The number of methoxy groups -OCH3 is 1. The zero-order valence-corrected chi connectivity index (χ0v) is 7.33. The van der Waals surface area contributed by atoms with Gasteiger partial charge in [-0.2, -0.15) is 14.8 Å². The second kappa shape index (κ2) is 4.58. The van der Waals surface area contributed by atoms with Gasteiger partial charge < -0.3 is 4.74 Å². The second-order valence-corrected chi connectivity index (χ2v) is 2.53. The first kappa shape index (κ1) is 9.68. The van der Waals surface area contributed by atoms with Crippen LogP contribution in [0.1, 0.15) is 12.0 Å². The van der Waals surface area contributed by atoms with E-state index < -0.39 is 5.95 Å². The zero-order valence-electron chi connectivity index (χ0n) is 7.33. The summed E-state index contributed by atoms with van der Waals surface area (Å²) in [5.74, 6) is -0.571. The van der Waals surface area contributed by atoms with Crippen LogP contribution >= 0.6 is 0 Å². The lowest BCUT2D eigenvalue weighted by atomic mass is 10.4. The van der Waals surface area contributed by atoms with Crippen molar-refractivity contribution in [2.75, 3.05) is 13.7 Å². The van der Waals surface area contributed by atoms with Gasteiger partial charge in [-0.3, -0.25) is 0 Å². The number of aromatic nitrogens is 2. The Kier molecular flexibility index (Phi) is 3.41. The van der Waals surface area contributed by atoms with Gasteiger partial charge in [0.05, 0.1) is 6.20 Å². The lowest BCUT2D eigenvalue weighted by Gasteiger charge is -2.00. The molecule has 1 aromatic heterocycles. The van der Waals surface area contributed by atoms with Crippen molar-refractivity contribution in [3.63, 3.8) is 0 Å². The third-order valence-corrected chi connectivity index (χ3v) is 1.61. The van der Waals surface area contributed by atoms with E-state index >= 15 is 0 Å². The fraction of sp³-hybridized carbons (Fsp3) is 0.500. The summed E-state index contributed by atoms with van der Waals surface area (Å²) >= 11 is 0. The molecular weight excluding hydrogens is 173 g/mol. The lowest BCUT2D eigenvalue weighted by molar-refractivity contribution is 0.187. The third-order valence-electron chi connectivity index (χ3n) is 1.61. The van der Waals surface area contributed by atoms with Gasteiger partial charge >= 0.3 is 0 Å². The summed E-state index contributed by atoms with van der Waals surface area (Å²) in [5, 5.41) is 12.2. The van der Waals surface area contributed by atoms with Crippen molar-refractivity contribution in [1.82, 2.24) is 9.78 Å². The van der Waals surface area contributed by atoms with Crippen LogP contribution in [0.5, 0.6) is 0 Å². The normalized spacial score (nSPS) is 9.92. The maximum absolute atomic E-state index is 13.1. The molecule has 13 heavy (non-hydrogen) atoms. The van der Waals surface area contributed by atoms with E-state index in [1.165, 1.54) is 6.20 Å². The van der Waals surface area contributed by atoms with Gasteiger partial charge in [-0.25, -0.2) is 4.68 Å². The molecule has 0 aromatic carbocycles. The molecule has 0 radical (unpaired) electrons. The molecule has 0 bridgehead atoms. The first-order chi connectivity index (χ1) is 6.29. The van der Waals surface area contributed by atoms with Gasteiger partial charge in [0.1, 0.15) is 11.6 Å². The molecule has 0 saturated heterocycles. The van der Waals surface area contributed by atoms with Crippen LogP contribution in [0.3, 0.4) is 0 Å². The van der Waals surface area contributed by atoms with Gasteiger partial charge in [0, 0.05) is 20.3 Å². The summed E-state index contributed by atoms with van der Waals surface area (Å²) in [6.45, 7) is 0.989. The molecule has 4 nitrogen and oxygen atoms in total. The van der Waals surface area contributed by atoms with Gasteiger partial charge in [-0.15, -0.1) is 0 Å². The number of aryl methyl sites for hydroxylation is 1. The van der Waals surface area contributed by atoms with Crippen LogP contribution in [-0.2, 0) is 11.3 Å². The predicted octanol–water partition coefficient (Wildman–Crippen LogP) is 0.930. The van der Waals surface area contributed by atoms with Crippen LogP contribution in [0.15, 0.2) is 6.20 Å². The number of rotatable bonds is 4. The number of halogens is 1. The van der Waals surface area contributed by atoms with E-state index in [-0.39, 0.29) is 5.56 Å². The highest BCUT2D eigenvalue weighted by molar-refractivity contribution is 5.23. The SMILES string of the molecule is COCCCn1ncc(C#N)c1F. The predicted molar refractivity (Wildman–Crippen MR) is 43.4 cm³/mol. The highest BCUT2D eigenvalue weighted by Crippen LogP contribution is 2.04. The van der Waals surface area contributed by atoms with Crippen LogP contribution in [0.4, 0.5) is 4.39 Å². The molecule has 0 atom stereocenters. The van der Waals surface area contributed by atoms with E-state index in [2.05, 4.69) is 5.10 Å². The topological polar surface area (TPSA) is 50.8 Å². The Labute approximate surface area is 75.5 Å². The summed E-state index contributed by atoms with van der Waals surface area (Å²) in [5.41, 5.74) is -0.0163. The highest BCUT2D eigenvalue weighted by atomic mass is 19.1. The first-order valence-electron chi connectivity index (χ1n) is 3.90. The van der Waals surface area contributed by atoms with Crippen molar-refractivity contribution in [3.05, 3.63) is 17.7 Å². The van der Waals surface area contributed by atoms with E-state index in [0.29, 0.717) is 19.6 Å². The Balaban J connectivity index is 2.58. The van der Waals surface area contributed by atoms with Crippen molar-refractivity contribution in [2.45, 2.75) is 13.0 Å². The zero-order chi connectivity index (χ0) is 9.68. The maximum atomic E-state index is 13.1. The van der Waals surface area contributed by atoms with Gasteiger partial charge in [0.15, 0.2) is 0 Å². The summed E-state index contributed by atoms with van der Waals surface area (Å²) < 4.78 is 19.1. The molecule has 5 heteroatoms. The van der Waals surface area contributed by atoms with Crippen molar-refractivity contribution in [3.8, 4) is 6.07 Å². The molecule has 0 saturated carbocycles. The van der Waals surface area contributed by atoms with E-state index in [1.807, 2.05) is 0 Å². The molecule has 0 spiro atoms. The highest BCUT2D eigenvalue weighted by Gasteiger charge is 2.08. The van der Waals surface area contributed by atoms with Gasteiger partial charge in [-0.05, 0) is 6.42 Å². The minimum Gasteiger partial charge on any atom is -0.385 e. The Bertz CT molecular complexity index is 316. The Morgan fingerprint density at radius 3 is 3.08 bits per heavy atom. The maximum Gasteiger partial charge on any atom is 0.229 e. The molecular formula is C8H10FN3O. The minimum absolute atomic E-state index is 0.0163. The summed E-state index contributed by atoms with van der Waals surface area (Å²) in [6, 6.07) is 1.72. The molecule has 1 aromatic rings. The molecule has 1 rings (SSSR count). The standard InChI is InChI=1S/C8H10FN3O/c1-13-4-2-3-12-8(9)7(5-10)6-11-12/h6H,2-4H2,1H3. The van der Waals surface area contributed by atoms with Crippen molar-refractivity contribution in [2.24, 2.45) is 0 Å². The van der Waals surface area contributed by atoms with E-state index in [0.717, 1.165) is 4.68 Å². The largest absolute Gasteiger partial charge is 0.385 e. The number of hydrogen-bond donors (Lipinski definition) is 0. The summed E-state index contributed by atoms with van der Waals surface area (Å²) in [4.78, 5) is 0. The molecule has 0 unspecified atom stereocenters. The Hall–Kier alpha value is -1.41. The van der Waals surface area contributed by atoms with Crippen LogP contribution in [0, 0.1) is 17.3 Å². The third kappa shape index (κ3) is 2.26. The fourth-order valence-electron chi connectivity index (χ4n) is 0.960. The van der Waals surface area contributed by atoms with Crippen molar-refractivity contribution >= 4 is 0 Å². The summed E-state index contributed by atoms with van der Waals surface area (Å²) in [7, 11) is 1.58. The molecule has 1 heterocycles. The Morgan fingerprint density at radius 2 is 2.54 bits per heavy atom. The van der Waals surface area contributed by atoms with E-state index in [4.69, 9.17) is 10.00 Å². The van der Waals surface area contributed by atoms with Gasteiger partial charge in [0.2, 0.25) is 5.95 Å². The van der Waals surface area contributed by atoms with Crippen molar-refractivity contribution in [1.29, 1.82) is 5.26 Å². The monoisotopic (exact) mass is 183 g/mol. The smallest absolute Gasteiger partial charge is 0.229 e. The van der Waals surface area contributed by atoms with Crippen LogP contribution in [0.25, 0.3) is 0 Å². The molecule has 0 aliphatic rings. The number of ether oxygens (including phenoxy) is 1. The van der Waals surface area contributed by atoms with Crippen molar-refractivity contribution < 1.29 is 9.13 Å². The fourth-order valence-corrected chi connectivity index (χ4v) is 0.960. The molecule has 0 amide bonds. The average molecular weight is 183 g/mol. The molecule has 0 fully saturated rings. The van der Waals surface area contributed by atoms with Gasteiger partial charge in [0.25, 0.3) is 0 Å². The molecule has 0 N–H and O–H groups in total. The van der Waals surface area contributed by atoms with Crippen LogP contribution in [-0.4, -0.2) is 23.5 Å². The molecule has 70 valence electrons. The Morgan fingerprint density at radius 1 is 1.77 bits per heavy atom. The lowest BCUT2D eigenvalue weighted by Crippen LogP contribution is -2.05. The number of nitrogens with zero attached hydrogens (tertiary/aromatic N) is 3. The van der Waals surface area contributed by atoms with Crippen LogP contribution in [0.2, 0.25) is 0 Å². The number of hydrogen-bond acceptors (Lipinski definition) is 3. The molecule has 0 aliphatic carbocycles. The first-order valence-corrected chi connectivity index (χ1v) is 3.90. The van der Waals surface area contributed by atoms with Gasteiger partial charge in [-0.1, -0.05) is 0 Å². The summed E-state index contributed by atoms with van der Waals surface area (Å²) in [6.07, 6.45) is 1.90. The van der Waals surface area contributed by atoms with E-state index in [1.54, 1.807) is 13.2 Å². The second-order valence-electron chi connectivity index (χ2n) is 2.53. The van der Waals surface area contributed by atoms with E-state index in [9.17, 15) is 4.39 Å². The molecule has 0 aliphatic heterocycles. The quantitative estimate of drug-likeness (QED) is 0.652. The number of nitriles is 1. The van der Waals surface area contributed by atoms with Crippen LogP contribution < -0.4 is 0 Å². The minimum atomic E-state index is -0.571. The average Bonchev–Trinajstić information content (AvgIpc) is 2.48.